The average molecular weight is 277 g/mol. The van der Waals surface area contributed by atoms with E-state index >= 15 is 0 Å². The lowest BCUT2D eigenvalue weighted by atomic mass is 9.81. The van der Waals surface area contributed by atoms with Gasteiger partial charge in [-0.25, -0.2) is 4.98 Å². The zero-order valence-corrected chi connectivity index (χ0v) is 12.6. The first-order chi connectivity index (χ1) is 9.76. The van der Waals surface area contributed by atoms with Gasteiger partial charge in [-0.3, -0.25) is 0 Å². The maximum Gasteiger partial charge on any atom is 0.126 e. The van der Waals surface area contributed by atoms with E-state index in [0.717, 1.165) is 12.0 Å². The van der Waals surface area contributed by atoms with Crippen molar-refractivity contribution in [2.45, 2.75) is 50.7 Å². The summed E-state index contributed by atoms with van der Waals surface area (Å²) < 4.78 is 5.83. The largest absolute Gasteiger partial charge is 0.383 e. The highest BCUT2D eigenvalue weighted by Crippen LogP contribution is 2.30. The lowest BCUT2D eigenvalue weighted by Gasteiger charge is -2.35. The minimum Gasteiger partial charge on any atom is -0.383 e. The van der Waals surface area contributed by atoms with Gasteiger partial charge in [0.05, 0.1) is 6.10 Å². The maximum atomic E-state index is 5.96. The lowest BCUT2D eigenvalue weighted by Crippen LogP contribution is -2.45. The third kappa shape index (κ3) is 3.70. The summed E-state index contributed by atoms with van der Waals surface area (Å²) >= 11 is 0. The molecular weight excluding hydrogens is 250 g/mol. The molecule has 1 aliphatic rings. The van der Waals surface area contributed by atoms with Crippen molar-refractivity contribution in [3.63, 3.8) is 0 Å². The molecule has 2 atom stereocenters. The lowest BCUT2D eigenvalue weighted by molar-refractivity contribution is 0.0102. The van der Waals surface area contributed by atoms with Crippen LogP contribution in [0.3, 0.4) is 0 Å². The molecule has 1 aliphatic carbocycles. The number of aromatic nitrogens is 1. The summed E-state index contributed by atoms with van der Waals surface area (Å²) in [6, 6.07) is 4.29. The predicted octanol–water partition coefficient (Wildman–Crippen LogP) is 2.39. The molecule has 0 radical (unpaired) electrons. The second kappa shape index (κ2) is 7.60. The number of nitrogens with zero attached hydrogens (tertiary/aromatic N) is 1. The average Bonchev–Trinajstić information content (AvgIpc) is 2.50. The zero-order valence-electron chi connectivity index (χ0n) is 12.6. The molecule has 112 valence electrons. The molecule has 1 aromatic rings. The van der Waals surface area contributed by atoms with Gasteiger partial charge in [-0.2, -0.15) is 0 Å². The Morgan fingerprint density at radius 2 is 2.15 bits per heavy atom. The smallest absolute Gasteiger partial charge is 0.126 e. The summed E-state index contributed by atoms with van der Waals surface area (Å²) in [7, 11) is 3.84. The van der Waals surface area contributed by atoms with E-state index in [-0.39, 0.29) is 12.1 Å². The number of hydrogen-bond donors (Lipinski definition) is 2. The van der Waals surface area contributed by atoms with Gasteiger partial charge in [0.15, 0.2) is 0 Å². The number of methoxy groups -OCH3 is 1. The van der Waals surface area contributed by atoms with Crippen LogP contribution in [0.25, 0.3) is 0 Å². The van der Waals surface area contributed by atoms with Gasteiger partial charge in [0.25, 0.3) is 0 Å². The van der Waals surface area contributed by atoms with Gasteiger partial charge >= 0.3 is 0 Å². The van der Waals surface area contributed by atoms with Crippen LogP contribution in [-0.2, 0) is 11.2 Å². The van der Waals surface area contributed by atoms with Crippen LogP contribution >= 0.6 is 0 Å². The Bertz CT molecular complexity index is 404. The molecule has 0 spiro atoms. The van der Waals surface area contributed by atoms with Crippen LogP contribution in [0, 0.1) is 5.92 Å². The van der Waals surface area contributed by atoms with E-state index < -0.39 is 0 Å². The first-order valence-electron chi connectivity index (χ1n) is 7.65. The van der Waals surface area contributed by atoms with Crippen molar-refractivity contribution in [2.24, 2.45) is 5.92 Å². The van der Waals surface area contributed by atoms with Gasteiger partial charge in [-0.15, -0.1) is 0 Å². The van der Waals surface area contributed by atoms with E-state index in [0.29, 0.717) is 11.7 Å². The topological polar surface area (TPSA) is 60.2 Å². The third-order valence-electron chi connectivity index (χ3n) is 4.52. The van der Waals surface area contributed by atoms with E-state index in [2.05, 4.69) is 16.4 Å². The Morgan fingerprint density at radius 3 is 2.75 bits per heavy atom. The highest BCUT2D eigenvalue weighted by atomic mass is 16.5. The van der Waals surface area contributed by atoms with Gasteiger partial charge in [0, 0.05) is 19.3 Å². The first-order valence-corrected chi connectivity index (χ1v) is 7.65. The standard InChI is InChI=1S/C16H27N3O/c1-18-14(11-13-9-6-10-19-16(13)17)15(20-2)12-7-4-3-5-8-12/h6,9-10,12,14-15,18H,3-5,7-8,11H2,1-2H3,(H2,17,19). The summed E-state index contributed by atoms with van der Waals surface area (Å²) in [5.74, 6) is 1.29. The highest BCUT2D eigenvalue weighted by molar-refractivity contribution is 5.39. The third-order valence-corrected chi connectivity index (χ3v) is 4.52. The van der Waals surface area contributed by atoms with Crippen LogP contribution in [0.1, 0.15) is 37.7 Å². The minimum atomic E-state index is 0.250. The molecule has 0 aliphatic heterocycles. The molecule has 0 saturated heterocycles. The Balaban J connectivity index is 2.06. The van der Waals surface area contributed by atoms with Crippen molar-refractivity contribution in [1.29, 1.82) is 0 Å². The highest BCUT2D eigenvalue weighted by Gasteiger charge is 2.30. The first kappa shape index (κ1) is 15.3. The van der Waals surface area contributed by atoms with Crippen molar-refractivity contribution in [2.75, 3.05) is 19.9 Å². The quantitative estimate of drug-likeness (QED) is 0.838. The predicted molar refractivity (Wildman–Crippen MR) is 82.6 cm³/mol. The SMILES string of the molecule is CNC(Cc1cccnc1N)C(OC)C1CCCCC1. The molecule has 1 heterocycles. The van der Waals surface area contributed by atoms with Gasteiger partial charge in [-0.1, -0.05) is 25.3 Å². The Morgan fingerprint density at radius 1 is 1.40 bits per heavy atom. The van der Waals surface area contributed by atoms with Crippen LogP contribution in [0.4, 0.5) is 5.82 Å². The van der Waals surface area contributed by atoms with Crippen LogP contribution < -0.4 is 11.1 Å². The van der Waals surface area contributed by atoms with E-state index in [9.17, 15) is 0 Å². The molecule has 0 aromatic carbocycles. The molecule has 1 aromatic heterocycles. The van der Waals surface area contributed by atoms with Crippen LogP contribution in [-0.4, -0.2) is 31.3 Å². The monoisotopic (exact) mass is 277 g/mol. The number of nitrogens with two attached hydrogens (primary N) is 1. The van der Waals surface area contributed by atoms with Gasteiger partial charge in [-0.05, 0) is 43.9 Å². The molecule has 0 amide bonds. The number of ether oxygens (including phenoxy) is 1. The Labute approximate surface area is 122 Å². The summed E-state index contributed by atoms with van der Waals surface area (Å²) in [5, 5.41) is 3.42. The fourth-order valence-corrected chi connectivity index (χ4v) is 3.39. The fraction of sp³-hybridized carbons (Fsp3) is 0.688. The van der Waals surface area contributed by atoms with Crippen LogP contribution in [0.15, 0.2) is 18.3 Å². The van der Waals surface area contributed by atoms with Crippen molar-refractivity contribution >= 4 is 5.82 Å². The summed E-state index contributed by atoms with van der Waals surface area (Å²) in [4.78, 5) is 4.17. The summed E-state index contributed by atoms with van der Waals surface area (Å²) in [5.41, 5.74) is 7.07. The normalized spacial score (nSPS) is 19.7. The molecule has 20 heavy (non-hydrogen) atoms. The zero-order chi connectivity index (χ0) is 14.4. The summed E-state index contributed by atoms with van der Waals surface area (Å²) in [6.45, 7) is 0. The fourth-order valence-electron chi connectivity index (χ4n) is 3.39. The number of nitrogen functional groups attached to an aromatic ring is 1. The number of anilines is 1. The molecule has 3 N–H and O–H groups in total. The Kier molecular flexibility index (Phi) is 5.80. The van der Waals surface area contributed by atoms with Crippen LogP contribution in [0.2, 0.25) is 0 Å². The van der Waals surface area contributed by atoms with E-state index in [1.165, 1.54) is 32.1 Å². The van der Waals surface area contributed by atoms with E-state index in [4.69, 9.17) is 10.5 Å². The minimum absolute atomic E-state index is 0.250. The molecule has 4 nitrogen and oxygen atoms in total. The number of rotatable bonds is 6. The number of hydrogen-bond acceptors (Lipinski definition) is 4. The van der Waals surface area contributed by atoms with Crippen molar-refractivity contribution < 1.29 is 4.74 Å². The molecule has 4 heteroatoms. The molecule has 2 unspecified atom stereocenters. The number of likely N-dealkylation sites (N-methyl/N-ethyl adjacent to an activating group) is 1. The van der Waals surface area contributed by atoms with Gasteiger partial charge in [0.2, 0.25) is 0 Å². The molecule has 1 fully saturated rings. The second-order valence-corrected chi connectivity index (χ2v) is 5.75. The van der Waals surface area contributed by atoms with Gasteiger partial charge < -0.3 is 15.8 Å². The van der Waals surface area contributed by atoms with E-state index in [1.54, 1.807) is 6.20 Å². The van der Waals surface area contributed by atoms with Gasteiger partial charge in [0.1, 0.15) is 5.82 Å². The maximum absolute atomic E-state index is 5.96. The van der Waals surface area contributed by atoms with Crippen molar-refractivity contribution in [3.8, 4) is 0 Å². The van der Waals surface area contributed by atoms with Crippen LogP contribution in [0.5, 0.6) is 0 Å². The van der Waals surface area contributed by atoms with Crippen molar-refractivity contribution in [1.82, 2.24) is 10.3 Å². The molecule has 2 rings (SSSR count). The Hall–Kier alpha value is -1.13. The van der Waals surface area contributed by atoms with E-state index in [1.807, 2.05) is 20.2 Å². The molecule has 0 bridgehead atoms. The van der Waals surface area contributed by atoms with Crippen molar-refractivity contribution in [3.05, 3.63) is 23.9 Å². The number of nitrogens with one attached hydrogen (secondary N) is 1. The number of pyridine rings is 1. The molecule has 1 saturated carbocycles. The second-order valence-electron chi connectivity index (χ2n) is 5.75. The molecular formula is C16H27N3O. The summed E-state index contributed by atoms with van der Waals surface area (Å²) in [6.07, 6.45) is 9.43.